The molecule has 0 atom stereocenters. The van der Waals surface area contributed by atoms with Crippen molar-refractivity contribution in [3.63, 3.8) is 0 Å². The Balaban J connectivity index is 1.68. The van der Waals surface area contributed by atoms with Gasteiger partial charge in [0.05, 0.1) is 13.2 Å². The molecule has 2 rings (SSSR count). The van der Waals surface area contributed by atoms with Crippen LogP contribution in [-0.4, -0.2) is 23.6 Å². The van der Waals surface area contributed by atoms with Gasteiger partial charge in [0, 0.05) is 12.5 Å². The molecule has 2 N–H and O–H groups in total. The summed E-state index contributed by atoms with van der Waals surface area (Å²) in [6.07, 6.45) is 0.709. The van der Waals surface area contributed by atoms with Gasteiger partial charge in [-0.3, -0.25) is 4.79 Å². The Hall–Kier alpha value is -2.83. The van der Waals surface area contributed by atoms with E-state index in [2.05, 4.69) is 5.32 Å². The van der Waals surface area contributed by atoms with Crippen LogP contribution < -0.4 is 10.1 Å². The summed E-state index contributed by atoms with van der Waals surface area (Å²) in [6.45, 7) is 1.97. The lowest BCUT2D eigenvalue weighted by Crippen LogP contribution is -2.22. The highest BCUT2D eigenvalue weighted by Gasteiger charge is 2.14. The van der Waals surface area contributed by atoms with Crippen molar-refractivity contribution in [3.8, 4) is 5.75 Å². The minimum absolute atomic E-state index is 0.0859. The van der Waals surface area contributed by atoms with E-state index >= 15 is 0 Å². The molecule has 1 amide bonds. The van der Waals surface area contributed by atoms with Crippen molar-refractivity contribution in [2.75, 3.05) is 6.61 Å². The molecule has 1 heterocycles. The summed E-state index contributed by atoms with van der Waals surface area (Å²) in [5.41, 5.74) is 0.0859. The quantitative estimate of drug-likeness (QED) is 0.724. The van der Waals surface area contributed by atoms with E-state index in [1.807, 2.05) is 0 Å². The number of amides is 1. The fourth-order valence-corrected chi connectivity index (χ4v) is 2.10. The van der Waals surface area contributed by atoms with Crippen LogP contribution in [0.3, 0.4) is 0 Å². The number of halogens is 1. The van der Waals surface area contributed by atoms with Crippen LogP contribution in [0.5, 0.6) is 5.75 Å². The standard InChI is InChI=1S/C17H18FNO5/c1-11-15(17(21)22)9-14(24-11)10-19-16(20)6-3-7-23-13-5-2-4-12(18)8-13/h2,4-5,8-9H,3,6-7,10H2,1H3,(H,19,20)(H,21,22). The largest absolute Gasteiger partial charge is 0.493 e. The van der Waals surface area contributed by atoms with Crippen molar-refractivity contribution < 1.29 is 28.2 Å². The molecule has 0 saturated carbocycles. The van der Waals surface area contributed by atoms with Gasteiger partial charge in [-0.2, -0.15) is 0 Å². The number of benzene rings is 1. The van der Waals surface area contributed by atoms with Gasteiger partial charge in [-0.1, -0.05) is 6.07 Å². The maximum Gasteiger partial charge on any atom is 0.339 e. The maximum absolute atomic E-state index is 13.0. The normalized spacial score (nSPS) is 10.4. The number of ether oxygens (including phenoxy) is 1. The van der Waals surface area contributed by atoms with Gasteiger partial charge in [0.15, 0.2) is 0 Å². The average molecular weight is 335 g/mol. The number of aryl methyl sites for hydroxylation is 1. The molecule has 2 aromatic rings. The molecule has 0 aliphatic rings. The topological polar surface area (TPSA) is 88.8 Å². The Kier molecular flexibility index (Phi) is 5.95. The highest BCUT2D eigenvalue weighted by molar-refractivity contribution is 5.88. The molecule has 0 spiro atoms. The molecule has 1 aromatic carbocycles. The van der Waals surface area contributed by atoms with Crippen molar-refractivity contribution in [2.24, 2.45) is 0 Å². The average Bonchev–Trinajstić information content (AvgIpc) is 2.91. The third kappa shape index (κ3) is 5.12. The molecular weight excluding hydrogens is 317 g/mol. The van der Waals surface area contributed by atoms with E-state index in [1.165, 1.54) is 18.2 Å². The zero-order chi connectivity index (χ0) is 17.5. The van der Waals surface area contributed by atoms with Crippen LogP contribution in [0.1, 0.15) is 34.7 Å². The van der Waals surface area contributed by atoms with Crippen molar-refractivity contribution in [1.29, 1.82) is 0 Å². The molecule has 0 saturated heterocycles. The summed E-state index contributed by atoms with van der Waals surface area (Å²) in [7, 11) is 0. The molecule has 1 aromatic heterocycles. The van der Waals surface area contributed by atoms with Crippen LogP contribution in [0.2, 0.25) is 0 Å². The van der Waals surface area contributed by atoms with E-state index in [1.54, 1.807) is 19.1 Å². The summed E-state index contributed by atoms with van der Waals surface area (Å²) in [5.74, 6) is -0.543. The number of nitrogens with one attached hydrogen (secondary N) is 1. The second-order valence-corrected chi connectivity index (χ2v) is 5.17. The smallest absolute Gasteiger partial charge is 0.339 e. The summed E-state index contributed by atoms with van der Waals surface area (Å²) >= 11 is 0. The minimum Gasteiger partial charge on any atom is -0.493 e. The molecule has 0 radical (unpaired) electrons. The summed E-state index contributed by atoms with van der Waals surface area (Å²) in [4.78, 5) is 22.6. The Labute approximate surface area is 138 Å². The number of hydrogen-bond acceptors (Lipinski definition) is 4. The van der Waals surface area contributed by atoms with E-state index in [-0.39, 0.29) is 30.3 Å². The number of aromatic carboxylic acids is 1. The van der Waals surface area contributed by atoms with Crippen LogP contribution >= 0.6 is 0 Å². The van der Waals surface area contributed by atoms with Gasteiger partial charge in [0.2, 0.25) is 5.91 Å². The van der Waals surface area contributed by atoms with Gasteiger partial charge in [0.25, 0.3) is 0 Å². The predicted molar refractivity (Wildman–Crippen MR) is 83.4 cm³/mol. The van der Waals surface area contributed by atoms with Gasteiger partial charge >= 0.3 is 5.97 Å². The van der Waals surface area contributed by atoms with Crippen molar-refractivity contribution in [1.82, 2.24) is 5.32 Å². The van der Waals surface area contributed by atoms with Crippen molar-refractivity contribution in [3.05, 3.63) is 53.2 Å². The maximum atomic E-state index is 13.0. The number of carbonyl (C=O) groups excluding carboxylic acids is 1. The first-order valence-electron chi connectivity index (χ1n) is 7.43. The van der Waals surface area contributed by atoms with Crippen molar-refractivity contribution in [2.45, 2.75) is 26.3 Å². The molecule has 128 valence electrons. The highest BCUT2D eigenvalue weighted by atomic mass is 19.1. The third-order valence-corrected chi connectivity index (χ3v) is 3.27. The third-order valence-electron chi connectivity index (χ3n) is 3.27. The lowest BCUT2D eigenvalue weighted by molar-refractivity contribution is -0.121. The van der Waals surface area contributed by atoms with Gasteiger partial charge in [-0.15, -0.1) is 0 Å². The molecular formula is C17H18FNO5. The van der Waals surface area contributed by atoms with Gasteiger partial charge in [-0.25, -0.2) is 9.18 Å². The number of rotatable bonds is 8. The Morgan fingerprint density at radius 1 is 1.33 bits per heavy atom. The number of carboxylic acids is 1. The Morgan fingerprint density at radius 3 is 2.79 bits per heavy atom. The molecule has 24 heavy (non-hydrogen) atoms. The van der Waals surface area contributed by atoms with E-state index in [0.717, 1.165) is 0 Å². The predicted octanol–water partition coefficient (Wildman–Crippen LogP) is 2.90. The van der Waals surface area contributed by atoms with Gasteiger partial charge < -0.3 is 19.6 Å². The molecule has 0 aliphatic heterocycles. The monoisotopic (exact) mass is 335 g/mol. The van der Waals surface area contributed by atoms with Gasteiger partial charge in [-0.05, 0) is 31.5 Å². The lowest BCUT2D eigenvalue weighted by atomic mass is 10.2. The molecule has 0 fully saturated rings. The summed E-state index contributed by atoms with van der Waals surface area (Å²) < 4.78 is 23.6. The van der Waals surface area contributed by atoms with Gasteiger partial charge in [0.1, 0.15) is 28.7 Å². The second kappa shape index (κ2) is 8.14. The van der Waals surface area contributed by atoms with E-state index in [4.69, 9.17) is 14.3 Å². The van der Waals surface area contributed by atoms with E-state index < -0.39 is 5.97 Å². The highest BCUT2D eigenvalue weighted by Crippen LogP contribution is 2.14. The van der Waals surface area contributed by atoms with E-state index in [9.17, 15) is 14.0 Å². The number of carboxylic acid groups (broad SMARTS) is 1. The van der Waals surface area contributed by atoms with Crippen LogP contribution in [0, 0.1) is 12.7 Å². The number of furan rings is 1. The molecule has 6 nitrogen and oxygen atoms in total. The number of hydrogen-bond donors (Lipinski definition) is 2. The van der Waals surface area contributed by atoms with Crippen LogP contribution in [0.4, 0.5) is 4.39 Å². The SMILES string of the molecule is Cc1oc(CNC(=O)CCCOc2cccc(F)c2)cc1C(=O)O. The Morgan fingerprint density at radius 2 is 2.12 bits per heavy atom. The van der Waals surface area contributed by atoms with Crippen LogP contribution in [-0.2, 0) is 11.3 Å². The minimum atomic E-state index is -1.07. The fraction of sp³-hybridized carbons (Fsp3) is 0.294. The number of carbonyl (C=O) groups is 2. The van der Waals surface area contributed by atoms with Crippen molar-refractivity contribution >= 4 is 11.9 Å². The van der Waals surface area contributed by atoms with Crippen LogP contribution in [0.25, 0.3) is 0 Å². The first-order valence-corrected chi connectivity index (χ1v) is 7.43. The van der Waals surface area contributed by atoms with E-state index in [0.29, 0.717) is 30.3 Å². The molecule has 0 aliphatic carbocycles. The molecule has 0 bridgehead atoms. The second-order valence-electron chi connectivity index (χ2n) is 5.17. The summed E-state index contributed by atoms with van der Waals surface area (Å²) in [6, 6.07) is 7.19. The Bertz CT molecular complexity index is 726. The van der Waals surface area contributed by atoms with Crippen LogP contribution in [0.15, 0.2) is 34.7 Å². The zero-order valence-electron chi connectivity index (χ0n) is 13.2. The molecule has 0 unspecified atom stereocenters. The fourth-order valence-electron chi connectivity index (χ4n) is 2.10. The summed E-state index contributed by atoms with van der Waals surface area (Å²) in [5, 5.41) is 11.6. The first kappa shape index (κ1) is 17.5. The lowest BCUT2D eigenvalue weighted by Gasteiger charge is -2.06. The zero-order valence-corrected chi connectivity index (χ0v) is 13.2. The first-order chi connectivity index (χ1) is 11.5. The molecule has 7 heteroatoms.